The fourth-order valence-electron chi connectivity index (χ4n) is 1.73. The third-order valence-electron chi connectivity index (χ3n) is 2.66. The molecule has 4 heteroatoms. The van der Waals surface area contributed by atoms with Crippen molar-refractivity contribution in [3.63, 3.8) is 0 Å². The molecule has 0 radical (unpaired) electrons. The molecule has 0 unspecified atom stereocenters. The molecular formula is C11H16F2O2. The molecule has 0 heterocycles. The summed E-state index contributed by atoms with van der Waals surface area (Å²) in [6.45, 7) is 4.64. The smallest absolute Gasteiger partial charge is 0.397 e. The molecule has 1 fully saturated rings. The van der Waals surface area contributed by atoms with Crippen LogP contribution in [0.2, 0.25) is 0 Å². The lowest BCUT2D eigenvalue weighted by Crippen LogP contribution is -2.35. The molecule has 1 aliphatic rings. The van der Waals surface area contributed by atoms with Crippen LogP contribution in [-0.4, -0.2) is 12.1 Å². The molecule has 0 bridgehead atoms. The van der Waals surface area contributed by atoms with E-state index in [1.165, 1.54) is 6.92 Å². The highest BCUT2D eigenvalue weighted by Crippen LogP contribution is 2.37. The average Bonchev–Trinajstić information content (AvgIpc) is 2.18. The van der Waals surface area contributed by atoms with Crippen molar-refractivity contribution >= 4 is 5.97 Å². The van der Waals surface area contributed by atoms with Gasteiger partial charge in [-0.15, -0.1) is 0 Å². The van der Waals surface area contributed by atoms with Crippen LogP contribution in [-0.2, 0) is 9.53 Å². The predicted molar refractivity (Wildman–Crippen MR) is 52.4 cm³/mol. The van der Waals surface area contributed by atoms with Crippen LogP contribution in [0.5, 0.6) is 0 Å². The van der Waals surface area contributed by atoms with E-state index in [2.05, 4.69) is 11.3 Å². The molecule has 1 aliphatic carbocycles. The number of carbonyl (C=O) groups is 1. The second-order valence-corrected chi connectivity index (χ2v) is 4.07. The Morgan fingerprint density at radius 1 is 1.33 bits per heavy atom. The quantitative estimate of drug-likeness (QED) is 0.536. The van der Waals surface area contributed by atoms with Gasteiger partial charge in [-0.3, -0.25) is 0 Å². The molecule has 0 N–H and O–H groups in total. The van der Waals surface area contributed by atoms with Gasteiger partial charge in [0.25, 0.3) is 0 Å². The van der Waals surface area contributed by atoms with E-state index in [1.54, 1.807) is 0 Å². The lowest BCUT2D eigenvalue weighted by Gasteiger charge is -2.28. The van der Waals surface area contributed by atoms with Crippen LogP contribution in [0.15, 0.2) is 12.2 Å². The highest BCUT2D eigenvalue weighted by Gasteiger charge is 2.43. The third kappa shape index (κ3) is 3.29. The summed E-state index contributed by atoms with van der Waals surface area (Å²) < 4.78 is 31.0. The first-order valence-electron chi connectivity index (χ1n) is 5.20. The zero-order chi connectivity index (χ0) is 11.5. The second-order valence-electron chi connectivity index (χ2n) is 4.07. The molecule has 15 heavy (non-hydrogen) atoms. The average molecular weight is 218 g/mol. The zero-order valence-corrected chi connectivity index (χ0v) is 8.89. The summed E-state index contributed by atoms with van der Waals surface area (Å²) in [5.41, 5.74) is 0.00508. The molecule has 0 aromatic carbocycles. The first-order chi connectivity index (χ1) is 6.93. The van der Waals surface area contributed by atoms with Gasteiger partial charge in [-0.25, -0.2) is 4.79 Å². The van der Waals surface area contributed by atoms with Gasteiger partial charge in [-0.05, 0) is 19.8 Å². The summed E-state index contributed by atoms with van der Waals surface area (Å²) in [7, 11) is 0. The van der Waals surface area contributed by atoms with Gasteiger partial charge < -0.3 is 4.74 Å². The lowest BCUT2D eigenvalue weighted by molar-refractivity contribution is -0.260. The Morgan fingerprint density at radius 2 is 1.87 bits per heavy atom. The van der Waals surface area contributed by atoms with E-state index in [0.29, 0.717) is 12.8 Å². The van der Waals surface area contributed by atoms with Gasteiger partial charge in [0.2, 0.25) is 0 Å². The van der Waals surface area contributed by atoms with Crippen LogP contribution in [0, 0.1) is 5.92 Å². The van der Waals surface area contributed by atoms with Gasteiger partial charge in [0.05, 0.1) is 5.92 Å². The SMILES string of the molecule is C=C(C)C(=O)OC(F)(F)C1CCCCC1. The van der Waals surface area contributed by atoms with Gasteiger partial charge in [0.1, 0.15) is 0 Å². The Balaban J connectivity index is 2.56. The van der Waals surface area contributed by atoms with Gasteiger partial charge in [0, 0.05) is 5.57 Å². The van der Waals surface area contributed by atoms with Gasteiger partial charge in [-0.2, -0.15) is 8.78 Å². The Hall–Kier alpha value is -0.930. The Kier molecular flexibility index (Phi) is 3.83. The maximum absolute atomic E-state index is 13.4. The maximum Gasteiger partial charge on any atom is 0.402 e. The van der Waals surface area contributed by atoms with Gasteiger partial charge in [-0.1, -0.05) is 25.8 Å². The fraction of sp³-hybridized carbons (Fsp3) is 0.727. The molecule has 0 aromatic rings. The number of ether oxygens (including phenoxy) is 1. The Morgan fingerprint density at radius 3 is 2.33 bits per heavy atom. The predicted octanol–water partition coefficient (Wildman–Crippen LogP) is 3.28. The molecule has 1 saturated carbocycles. The monoisotopic (exact) mass is 218 g/mol. The molecule has 1 rings (SSSR count). The number of carbonyl (C=O) groups excluding carboxylic acids is 1. The normalized spacial score (nSPS) is 18.6. The molecule has 0 amide bonds. The van der Waals surface area contributed by atoms with Crippen LogP contribution in [0.3, 0.4) is 0 Å². The minimum absolute atomic E-state index is 0.00508. The zero-order valence-electron chi connectivity index (χ0n) is 8.89. The molecule has 86 valence electrons. The van der Waals surface area contributed by atoms with Crippen molar-refractivity contribution in [3.8, 4) is 0 Å². The van der Waals surface area contributed by atoms with E-state index in [4.69, 9.17) is 0 Å². The van der Waals surface area contributed by atoms with Crippen molar-refractivity contribution in [2.24, 2.45) is 5.92 Å². The Labute approximate surface area is 88.3 Å². The van der Waals surface area contributed by atoms with E-state index < -0.39 is 18.0 Å². The van der Waals surface area contributed by atoms with Crippen LogP contribution in [0.4, 0.5) is 8.78 Å². The van der Waals surface area contributed by atoms with Crippen molar-refractivity contribution in [1.29, 1.82) is 0 Å². The van der Waals surface area contributed by atoms with Crippen molar-refractivity contribution in [3.05, 3.63) is 12.2 Å². The number of hydrogen-bond acceptors (Lipinski definition) is 2. The molecule has 2 nitrogen and oxygen atoms in total. The summed E-state index contributed by atoms with van der Waals surface area (Å²) in [5, 5.41) is 0. The first-order valence-corrected chi connectivity index (χ1v) is 5.20. The third-order valence-corrected chi connectivity index (χ3v) is 2.66. The van der Waals surface area contributed by atoms with Crippen molar-refractivity contribution in [2.75, 3.05) is 0 Å². The number of alkyl halides is 2. The first kappa shape index (κ1) is 12.1. The van der Waals surface area contributed by atoms with Crippen molar-refractivity contribution in [2.45, 2.75) is 45.1 Å². The summed E-state index contributed by atoms with van der Waals surface area (Å²) in [6, 6.07) is 0. The van der Waals surface area contributed by atoms with Crippen LogP contribution >= 0.6 is 0 Å². The van der Waals surface area contributed by atoms with E-state index in [-0.39, 0.29) is 5.57 Å². The highest BCUT2D eigenvalue weighted by atomic mass is 19.3. The minimum Gasteiger partial charge on any atom is -0.397 e. The molecular weight excluding hydrogens is 202 g/mol. The number of halogens is 2. The molecule has 0 aromatic heterocycles. The number of rotatable bonds is 3. The van der Waals surface area contributed by atoms with Gasteiger partial charge in [0.15, 0.2) is 0 Å². The standard InChI is InChI=1S/C11H16F2O2/c1-8(2)10(14)15-11(12,13)9-6-4-3-5-7-9/h9H,1,3-7H2,2H3. The number of hydrogen-bond donors (Lipinski definition) is 0. The Bertz CT molecular complexity index is 255. The van der Waals surface area contributed by atoms with E-state index in [0.717, 1.165) is 19.3 Å². The van der Waals surface area contributed by atoms with Crippen molar-refractivity contribution in [1.82, 2.24) is 0 Å². The van der Waals surface area contributed by atoms with E-state index >= 15 is 0 Å². The highest BCUT2D eigenvalue weighted by molar-refractivity contribution is 5.87. The summed E-state index contributed by atoms with van der Waals surface area (Å²) in [6.07, 6.45) is 0.0696. The van der Waals surface area contributed by atoms with Crippen LogP contribution < -0.4 is 0 Å². The summed E-state index contributed by atoms with van der Waals surface area (Å²) in [5.74, 6) is -1.83. The van der Waals surface area contributed by atoms with Gasteiger partial charge >= 0.3 is 12.1 Å². The van der Waals surface area contributed by atoms with E-state index in [9.17, 15) is 13.6 Å². The van der Waals surface area contributed by atoms with Crippen LogP contribution in [0.1, 0.15) is 39.0 Å². The molecule has 0 aliphatic heterocycles. The molecule has 0 spiro atoms. The number of esters is 1. The second kappa shape index (κ2) is 4.73. The van der Waals surface area contributed by atoms with Crippen molar-refractivity contribution < 1.29 is 18.3 Å². The largest absolute Gasteiger partial charge is 0.402 e. The van der Waals surface area contributed by atoms with Crippen LogP contribution in [0.25, 0.3) is 0 Å². The maximum atomic E-state index is 13.4. The minimum atomic E-state index is -3.34. The molecule has 0 saturated heterocycles. The van der Waals surface area contributed by atoms with E-state index in [1.807, 2.05) is 0 Å². The molecule has 0 atom stereocenters. The fourth-order valence-corrected chi connectivity index (χ4v) is 1.73. The summed E-state index contributed by atoms with van der Waals surface area (Å²) >= 11 is 0. The summed E-state index contributed by atoms with van der Waals surface area (Å²) in [4.78, 5) is 11.0. The topological polar surface area (TPSA) is 26.3 Å². The lowest BCUT2D eigenvalue weighted by atomic mass is 9.88.